The van der Waals surface area contributed by atoms with Crippen molar-refractivity contribution < 1.29 is 4.79 Å². The molecule has 1 aromatic carbocycles. The zero-order valence-electron chi connectivity index (χ0n) is 8.70. The maximum absolute atomic E-state index is 10.6. The topological polar surface area (TPSA) is 66.6 Å². The Morgan fingerprint density at radius 1 is 1.35 bits per heavy atom. The Morgan fingerprint density at radius 2 is 2.24 bits per heavy atom. The van der Waals surface area contributed by atoms with Crippen LogP contribution >= 0.6 is 11.8 Å². The van der Waals surface area contributed by atoms with Gasteiger partial charge < -0.3 is 0 Å². The summed E-state index contributed by atoms with van der Waals surface area (Å²) in [6, 6.07) is 8.82. The fourth-order valence-electron chi connectivity index (χ4n) is 1.25. The minimum absolute atomic E-state index is 0.471. The van der Waals surface area contributed by atoms with E-state index in [-0.39, 0.29) is 0 Å². The molecule has 2 rings (SSSR count). The Morgan fingerprint density at radius 3 is 2.88 bits per heavy atom. The van der Waals surface area contributed by atoms with Crippen LogP contribution in [0.3, 0.4) is 0 Å². The maximum atomic E-state index is 10.6. The molecule has 0 unspecified atom stereocenters. The zero-order chi connectivity index (χ0) is 12.1. The molecule has 0 N–H and O–H groups in total. The first-order chi connectivity index (χ1) is 8.33. The molecule has 0 saturated heterocycles. The van der Waals surface area contributed by atoms with Crippen LogP contribution in [-0.2, 0) is 0 Å². The van der Waals surface area contributed by atoms with Crippen LogP contribution in [0.25, 0.3) is 0 Å². The lowest BCUT2D eigenvalue weighted by atomic mass is 10.1. The summed E-state index contributed by atoms with van der Waals surface area (Å²) < 4.78 is 0. The molecular formula is C12H7N3OS. The molecule has 0 fully saturated rings. The van der Waals surface area contributed by atoms with Gasteiger partial charge in [0.05, 0.1) is 5.56 Å². The minimum atomic E-state index is 0.471. The van der Waals surface area contributed by atoms with E-state index in [1.54, 1.807) is 30.5 Å². The van der Waals surface area contributed by atoms with Crippen molar-refractivity contribution in [1.82, 2.24) is 9.97 Å². The van der Waals surface area contributed by atoms with Crippen LogP contribution in [0.1, 0.15) is 15.9 Å². The van der Waals surface area contributed by atoms with Gasteiger partial charge in [0.2, 0.25) is 0 Å². The Kier molecular flexibility index (Phi) is 3.48. The number of hydrogen-bond donors (Lipinski definition) is 0. The standard InChI is InChI=1S/C12H7N3OS/c13-6-10-5-9(7-16)1-2-11(10)17-12-3-4-14-8-15-12/h1-5,7-8H. The molecule has 5 heteroatoms. The molecule has 0 radical (unpaired) electrons. The molecule has 17 heavy (non-hydrogen) atoms. The molecule has 0 amide bonds. The monoisotopic (exact) mass is 241 g/mol. The number of hydrogen-bond acceptors (Lipinski definition) is 5. The summed E-state index contributed by atoms with van der Waals surface area (Å²) in [6.45, 7) is 0. The third-order valence-electron chi connectivity index (χ3n) is 2.03. The zero-order valence-corrected chi connectivity index (χ0v) is 9.52. The SMILES string of the molecule is N#Cc1cc(C=O)ccc1Sc1ccncn1. The highest BCUT2D eigenvalue weighted by atomic mass is 32.2. The molecule has 0 atom stereocenters. The molecule has 0 saturated carbocycles. The summed E-state index contributed by atoms with van der Waals surface area (Å²) >= 11 is 1.37. The first kappa shape index (κ1) is 11.3. The average molecular weight is 241 g/mol. The van der Waals surface area contributed by atoms with Crippen molar-refractivity contribution in [1.29, 1.82) is 5.26 Å². The highest BCUT2D eigenvalue weighted by molar-refractivity contribution is 7.99. The molecule has 0 aliphatic heterocycles. The lowest BCUT2D eigenvalue weighted by Crippen LogP contribution is -1.87. The van der Waals surface area contributed by atoms with Crippen LogP contribution in [-0.4, -0.2) is 16.3 Å². The minimum Gasteiger partial charge on any atom is -0.298 e. The first-order valence-corrected chi connectivity index (χ1v) is 5.58. The normalized spacial score (nSPS) is 9.59. The second-order valence-electron chi connectivity index (χ2n) is 3.13. The van der Waals surface area contributed by atoms with Crippen LogP contribution in [0.15, 0.2) is 46.7 Å². The predicted octanol–water partition coefficient (Wildman–Crippen LogP) is 2.31. The van der Waals surface area contributed by atoms with Crippen LogP contribution in [0.5, 0.6) is 0 Å². The number of aldehydes is 1. The van der Waals surface area contributed by atoms with Gasteiger partial charge in [-0.15, -0.1) is 0 Å². The van der Waals surface area contributed by atoms with E-state index in [4.69, 9.17) is 5.26 Å². The Bertz CT molecular complexity index is 578. The fraction of sp³-hybridized carbons (Fsp3) is 0. The smallest absolute Gasteiger partial charge is 0.150 e. The molecule has 1 heterocycles. The first-order valence-electron chi connectivity index (χ1n) is 4.76. The highest BCUT2D eigenvalue weighted by Crippen LogP contribution is 2.28. The van der Waals surface area contributed by atoms with E-state index in [2.05, 4.69) is 16.0 Å². The summed E-state index contributed by atoms with van der Waals surface area (Å²) in [5.74, 6) is 0. The molecular weight excluding hydrogens is 234 g/mol. The van der Waals surface area contributed by atoms with Crippen molar-refractivity contribution in [2.75, 3.05) is 0 Å². The van der Waals surface area contributed by atoms with Gasteiger partial charge in [-0.2, -0.15) is 5.26 Å². The van der Waals surface area contributed by atoms with Crippen molar-refractivity contribution in [2.45, 2.75) is 9.92 Å². The van der Waals surface area contributed by atoms with E-state index in [0.717, 1.165) is 16.2 Å². The van der Waals surface area contributed by atoms with Gasteiger partial charge in [0.15, 0.2) is 0 Å². The van der Waals surface area contributed by atoms with E-state index >= 15 is 0 Å². The average Bonchev–Trinajstić information content (AvgIpc) is 2.40. The van der Waals surface area contributed by atoms with E-state index in [1.165, 1.54) is 18.1 Å². The van der Waals surface area contributed by atoms with Gasteiger partial charge in [-0.25, -0.2) is 9.97 Å². The van der Waals surface area contributed by atoms with Crippen molar-refractivity contribution in [3.63, 3.8) is 0 Å². The van der Waals surface area contributed by atoms with Crippen molar-refractivity contribution >= 4 is 18.0 Å². The van der Waals surface area contributed by atoms with Gasteiger partial charge in [-0.05, 0) is 18.2 Å². The number of carbonyl (C=O) groups excluding carboxylic acids is 1. The molecule has 82 valence electrons. The number of rotatable bonds is 3. The lowest BCUT2D eigenvalue weighted by molar-refractivity contribution is 0.112. The summed E-state index contributed by atoms with van der Waals surface area (Å²) in [4.78, 5) is 19.3. The molecule has 0 bridgehead atoms. The van der Waals surface area contributed by atoms with E-state index in [9.17, 15) is 4.79 Å². The maximum Gasteiger partial charge on any atom is 0.150 e. The predicted molar refractivity (Wildman–Crippen MR) is 62.7 cm³/mol. The van der Waals surface area contributed by atoms with Gasteiger partial charge in [-0.3, -0.25) is 4.79 Å². The van der Waals surface area contributed by atoms with Crippen LogP contribution in [0.2, 0.25) is 0 Å². The van der Waals surface area contributed by atoms with Gasteiger partial charge in [-0.1, -0.05) is 17.8 Å². The lowest BCUT2D eigenvalue weighted by Gasteiger charge is -2.03. The van der Waals surface area contributed by atoms with Gasteiger partial charge in [0.1, 0.15) is 23.7 Å². The molecule has 0 aliphatic carbocycles. The third-order valence-corrected chi connectivity index (χ3v) is 3.06. The molecule has 0 spiro atoms. The number of nitrogens with zero attached hydrogens (tertiary/aromatic N) is 3. The highest BCUT2D eigenvalue weighted by Gasteiger charge is 2.06. The second kappa shape index (κ2) is 5.23. The number of benzene rings is 1. The second-order valence-corrected chi connectivity index (χ2v) is 4.20. The summed E-state index contributed by atoms with van der Waals surface area (Å²) in [5.41, 5.74) is 0.965. The molecule has 1 aromatic heterocycles. The largest absolute Gasteiger partial charge is 0.298 e. The van der Waals surface area contributed by atoms with E-state index < -0.39 is 0 Å². The van der Waals surface area contributed by atoms with Crippen LogP contribution in [0.4, 0.5) is 0 Å². The Hall–Kier alpha value is -2.19. The van der Waals surface area contributed by atoms with Crippen molar-refractivity contribution in [2.24, 2.45) is 0 Å². The van der Waals surface area contributed by atoms with Gasteiger partial charge in [0.25, 0.3) is 0 Å². The third kappa shape index (κ3) is 2.68. The fourth-order valence-corrected chi connectivity index (χ4v) is 2.05. The number of aromatic nitrogens is 2. The van der Waals surface area contributed by atoms with E-state index in [0.29, 0.717) is 11.1 Å². The molecule has 4 nitrogen and oxygen atoms in total. The van der Waals surface area contributed by atoms with Crippen LogP contribution < -0.4 is 0 Å². The van der Waals surface area contributed by atoms with Crippen molar-refractivity contribution in [3.05, 3.63) is 47.9 Å². The Labute approximate surface area is 102 Å². The van der Waals surface area contributed by atoms with Gasteiger partial charge in [0, 0.05) is 16.7 Å². The number of nitriles is 1. The molecule has 0 aliphatic rings. The van der Waals surface area contributed by atoms with Crippen LogP contribution in [0, 0.1) is 11.3 Å². The van der Waals surface area contributed by atoms with Gasteiger partial charge >= 0.3 is 0 Å². The molecule has 2 aromatic rings. The number of carbonyl (C=O) groups is 1. The summed E-state index contributed by atoms with van der Waals surface area (Å²) in [7, 11) is 0. The Balaban J connectivity index is 2.34. The van der Waals surface area contributed by atoms with Crippen molar-refractivity contribution in [3.8, 4) is 6.07 Å². The summed E-state index contributed by atoms with van der Waals surface area (Å²) in [6.07, 6.45) is 3.81. The van der Waals surface area contributed by atoms with E-state index in [1.807, 2.05) is 0 Å². The quantitative estimate of drug-likeness (QED) is 0.609. The summed E-state index contributed by atoms with van der Waals surface area (Å²) in [5, 5.41) is 9.76.